The molecule has 1 saturated heterocycles. The number of likely N-dealkylation sites (tertiary alicyclic amines) is 1. The van der Waals surface area contributed by atoms with Crippen LogP contribution in [0.1, 0.15) is 93.4 Å². The molecule has 0 radical (unpaired) electrons. The lowest BCUT2D eigenvalue weighted by atomic mass is 9.95. The minimum Gasteiger partial charge on any atom is -0.481 e. The van der Waals surface area contributed by atoms with Crippen molar-refractivity contribution in [1.82, 2.24) is 25.4 Å². The first-order valence-corrected chi connectivity index (χ1v) is 18.1. The first-order chi connectivity index (χ1) is 23.2. The summed E-state index contributed by atoms with van der Waals surface area (Å²) in [6.07, 6.45) is 3.58. The number of rotatable bonds is 17. The molecule has 1 saturated carbocycles. The Bertz CT molecular complexity index is 1460. The van der Waals surface area contributed by atoms with Crippen molar-refractivity contribution in [2.24, 2.45) is 17.8 Å². The molecule has 12 nitrogen and oxygen atoms in total. The molecule has 268 valence electrons. The van der Waals surface area contributed by atoms with Crippen molar-refractivity contribution in [3.63, 3.8) is 0 Å². The largest absolute Gasteiger partial charge is 0.481 e. The smallest absolute Gasteiger partial charge is 0.306 e. The molecule has 1 aliphatic carbocycles. The van der Waals surface area contributed by atoms with E-state index in [4.69, 9.17) is 4.74 Å². The van der Waals surface area contributed by atoms with Crippen LogP contribution in [0.15, 0.2) is 35.7 Å². The van der Waals surface area contributed by atoms with Gasteiger partial charge in [-0.3, -0.25) is 28.9 Å². The molecule has 1 aromatic carbocycles. The molecule has 4 rings (SSSR count). The maximum Gasteiger partial charge on any atom is 0.306 e. The van der Waals surface area contributed by atoms with Crippen LogP contribution < -0.4 is 10.6 Å². The van der Waals surface area contributed by atoms with Gasteiger partial charge in [0.1, 0.15) is 16.7 Å². The SMILES string of the molecule is CC(=O)O[C@H](C[C@H](C(C)C)N(C)C(=O)[C@@H](NC(=O)[C@H]1CCCN1C)C1CC1)c1nc(C(=O)N[C@@H](Cc2ccccc2)C[C@H](C)C(=O)O)cs1. The summed E-state index contributed by atoms with van der Waals surface area (Å²) < 4.78 is 5.74. The molecule has 2 fully saturated rings. The number of amides is 3. The van der Waals surface area contributed by atoms with Gasteiger partial charge in [0.05, 0.1) is 12.0 Å². The lowest BCUT2D eigenvalue weighted by molar-refractivity contribution is -0.149. The van der Waals surface area contributed by atoms with Gasteiger partial charge >= 0.3 is 11.9 Å². The van der Waals surface area contributed by atoms with Crippen molar-refractivity contribution >= 4 is 41.0 Å². The molecule has 0 bridgehead atoms. The second-order valence-corrected chi connectivity index (χ2v) is 14.9. The van der Waals surface area contributed by atoms with Gasteiger partial charge in [-0.15, -0.1) is 11.3 Å². The van der Waals surface area contributed by atoms with Gasteiger partial charge in [0.25, 0.3) is 5.91 Å². The number of carboxylic acid groups (broad SMARTS) is 1. The fourth-order valence-electron chi connectivity index (χ4n) is 6.60. The van der Waals surface area contributed by atoms with Crippen LogP contribution in [-0.4, -0.2) is 94.4 Å². The molecule has 1 aromatic heterocycles. The molecule has 0 spiro atoms. The van der Waals surface area contributed by atoms with Gasteiger partial charge in [-0.25, -0.2) is 4.98 Å². The van der Waals surface area contributed by atoms with E-state index in [1.807, 2.05) is 56.1 Å². The molecule has 3 N–H and O–H groups in total. The van der Waals surface area contributed by atoms with E-state index in [0.717, 1.165) is 37.8 Å². The molecule has 2 aromatic rings. The Morgan fingerprint density at radius 3 is 2.33 bits per heavy atom. The monoisotopic (exact) mass is 697 g/mol. The quantitative estimate of drug-likeness (QED) is 0.207. The van der Waals surface area contributed by atoms with Crippen molar-refractivity contribution in [2.75, 3.05) is 20.6 Å². The predicted molar refractivity (Wildman–Crippen MR) is 186 cm³/mol. The highest BCUT2D eigenvalue weighted by Crippen LogP contribution is 2.36. The molecule has 13 heteroatoms. The molecule has 2 heterocycles. The van der Waals surface area contributed by atoms with Crippen LogP contribution in [0.3, 0.4) is 0 Å². The number of nitrogens with one attached hydrogen (secondary N) is 2. The van der Waals surface area contributed by atoms with E-state index in [0.29, 0.717) is 11.4 Å². The van der Waals surface area contributed by atoms with Crippen molar-refractivity contribution in [3.8, 4) is 0 Å². The average molecular weight is 698 g/mol. The van der Waals surface area contributed by atoms with Gasteiger partial charge in [-0.05, 0) is 69.5 Å². The second kappa shape index (κ2) is 17.2. The summed E-state index contributed by atoms with van der Waals surface area (Å²) >= 11 is 1.19. The zero-order valence-corrected chi connectivity index (χ0v) is 30.2. The van der Waals surface area contributed by atoms with Gasteiger partial charge in [0.2, 0.25) is 11.8 Å². The maximum atomic E-state index is 14.0. The summed E-state index contributed by atoms with van der Waals surface area (Å²) in [5.41, 5.74) is 1.10. The number of thiazole rings is 1. The fraction of sp³-hybridized carbons (Fsp3) is 0.611. The van der Waals surface area contributed by atoms with Crippen molar-refractivity contribution in [3.05, 3.63) is 52.0 Å². The van der Waals surface area contributed by atoms with Gasteiger partial charge in [-0.1, -0.05) is 51.1 Å². The molecule has 0 unspecified atom stereocenters. The van der Waals surface area contributed by atoms with Gasteiger partial charge in [-0.2, -0.15) is 0 Å². The number of hydrogen-bond donors (Lipinski definition) is 3. The highest BCUT2D eigenvalue weighted by Gasteiger charge is 2.42. The Morgan fingerprint density at radius 2 is 1.76 bits per heavy atom. The number of nitrogens with zero attached hydrogens (tertiary/aromatic N) is 3. The Kier molecular flexibility index (Phi) is 13.3. The minimum atomic E-state index is -0.942. The number of ether oxygens (including phenoxy) is 1. The summed E-state index contributed by atoms with van der Waals surface area (Å²) in [6.45, 7) is 7.75. The average Bonchev–Trinajstić information content (AvgIpc) is 3.59. The number of likely N-dealkylation sites (N-methyl/N-ethyl adjacent to an activating group) is 2. The van der Waals surface area contributed by atoms with E-state index in [1.165, 1.54) is 18.3 Å². The third kappa shape index (κ3) is 10.6. The molecule has 3 amide bonds. The van der Waals surface area contributed by atoms with Crippen LogP contribution in [-0.2, 0) is 30.3 Å². The number of esters is 1. The van der Waals surface area contributed by atoms with Crippen molar-refractivity contribution < 1.29 is 33.8 Å². The van der Waals surface area contributed by atoms with Crippen LogP contribution in [0.5, 0.6) is 0 Å². The maximum absolute atomic E-state index is 14.0. The van der Waals surface area contributed by atoms with E-state index in [-0.39, 0.29) is 54.3 Å². The summed E-state index contributed by atoms with van der Waals surface area (Å²) in [7, 11) is 3.66. The van der Waals surface area contributed by atoms with Crippen LogP contribution in [0.2, 0.25) is 0 Å². The molecular weight excluding hydrogens is 646 g/mol. The highest BCUT2D eigenvalue weighted by molar-refractivity contribution is 7.09. The van der Waals surface area contributed by atoms with Crippen LogP contribution in [0.25, 0.3) is 0 Å². The van der Waals surface area contributed by atoms with Crippen molar-refractivity contribution in [2.45, 2.75) is 103 Å². The first-order valence-electron chi connectivity index (χ1n) is 17.2. The van der Waals surface area contributed by atoms with Crippen LogP contribution >= 0.6 is 11.3 Å². The second-order valence-electron chi connectivity index (χ2n) is 14.0. The van der Waals surface area contributed by atoms with Gasteiger partial charge in [0.15, 0.2) is 6.10 Å². The number of benzene rings is 1. The molecule has 6 atom stereocenters. The number of hydrogen-bond acceptors (Lipinski definition) is 9. The van der Waals surface area contributed by atoms with E-state index in [9.17, 15) is 29.1 Å². The standard InChI is InChI=1S/C36H51N5O7S/c1-21(2)29(41(6)35(45)31(25-14-15-25)39-33(44)28-13-10-16-40(28)5)19-30(48-23(4)42)34-38-27(20-49-34)32(43)37-26(17-22(3)36(46)47)18-24-11-8-7-9-12-24/h7-9,11-12,20-22,25-26,28-31H,10,13-19H2,1-6H3,(H,37,43)(H,39,44)(H,46,47)/t22-,26+,28+,29+,30+,31-/m0/s1. The number of aromatic nitrogens is 1. The van der Waals surface area contributed by atoms with Crippen LogP contribution in [0, 0.1) is 17.8 Å². The van der Waals surface area contributed by atoms with E-state index in [2.05, 4.69) is 15.6 Å². The Balaban J connectivity index is 1.48. The first kappa shape index (κ1) is 38.0. The fourth-order valence-corrected chi connectivity index (χ4v) is 7.44. The van der Waals surface area contributed by atoms with E-state index in [1.54, 1.807) is 24.3 Å². The number of carbonyl (C=O) groups excluding carboxylic acids is 4. The lowest BCUT2D eigenvalue weighted by Crippen LogP contribution is -2.55. The minimum absolute atomic E-state index is 0.0266. The molecule has 49 heavy (non-hydrogen) atoms. The number of carbonyl (C=O) groups is 5. The lowest BCUT2D eigenvalue weighted by Gasteiger charge is -2.36. The zero-order valence-electron chi connectivity index (χ0n) is 29.4. The van der Waals surface area contributed by atoms with Crippen molar-refractivity contribution in [1.29, 1.82) is 0 Å². The molecule has 1 aliphatic heterocycles. The molecular formula is C36H51N5O7S. The number of aliphatic carboxylic acids is 1. The van der Waals surface area contributed by atoms with E-state index >= 15 is 0 Å². The number of carboxylic acids is 1. The third-order valence-corrected chi connectivity index (χ3v) is 10.5. The molecule has 2 aliphatic rings. The summed E-state index contributed by atoms with van der Waals surface area (Å²) in [6, 6.07) is 7.86. The Labute approximate surface area is 293 Å². The van der Waals surface area contributed by atoms with Crippen LogP contribution in [0.4, 0.5) is 0 Å². The Morgan fingerprint density at radius 1 is 1.06 bits per heavy atom. The van der Waals surface area contributed by atoms with E-state index < -0.39 is 42.0 Å². The third-order valence-electron chi connectivity index (χ3n) is 9.61. The Hall–Kier alpha value is -3.84. The summed E-state index contributed by atoms with van der Waals surface area (Å²) in [4.78, 5) is 72.7. The normalized spacial score (nSPS) is 19.4. The highest BCUT2D eigenvalue weighted by atomic mass is 32.1. The summed E-state index contributed by atoms with van der Waals surface area (Å²) in [5.74, 6) is -2.80. The predicted octanol–water partition coefficient (Wildman–Crippen LogP) is 4.06. The van der Waals surface area contributed by atoms with Gasteiger partial charge in [0, 0.05) is 37.9 Å². The zero-order chi connectivity index (χ0) is 35.8. The van der Waals surface area contributed by atoms with Gasteiger partial charge < -0.3 is 25.4 Å². The topological polar surface area (TPSA) is 158 Å². The summed E-state index contributed by atoms with van der Waals surface area (Å²) in [5, 5.41) is 17.6.